The molecule has 0 saturated heterocycles. The van der Waals surface area contributed by atoms with Gasteiger partial charge in [-0.05, 0) is 29.7 Å². The molecule has 9 heteroatoms. The molecule has 0 unspecified atom stereocenters. The van der Waals surface area contributed by atoms with E-state index in [0.717, 1.165) is 47.1 Å². The van der Waals surface area contributed by atoms with Crippen molar-refractivity contribution in [2.24, 2.45) is 7.05 Å². The molecule has 0 saturated carbocycles. The first kappa shape index (κ1) is 22.1. The maximum absolute atomic E-state index is 14.8. The first-order valence-electron chi connectivity index (χ1n) is 11.3. The minimum absolute atomic E-state index is 0.223. The number of aryl methyl sites for hydroxylation is 1. The van der Waals surface area contributed by atoms with Gasteiger partial charge in [0.05, 0.1) is 18.3 Å². The highest BCUT2D eigenvalue weighted by Gasteiger charge is 2.19. The van der Waals surface area contributed by atoms with Gasteiger partial charge in [-0.3, -0.25) is 9.58 Å². The number of hydrogen-bond acceptors (Lipinski definition) is 7. The van der Waals surface area contributed by atoms with Gasteiger partial charge in [0.15, 0.2) is 5.82 Å². The summed E-state index contributed by atoms with van der Waals surface area (Å²) >= 11 is 0. The number of anilines is 2. The van der Waals surface area contributed by atoms with Gasteiger partial charge in [0, 0.05) is 48.9 Å². The molecule has 0 radical (unpaired) electrons. The number of nitrogens with zero attached hydrogens (tertiary/aromatic N) is 6. The van der Waals surface area contributed by atoms with E-state index in [-0.39, 0.29) is 17.6 Å². The summed E-state index contributed by atoms with van der Waals surface area (Å²) in [5.41, 5.74) is 4.93. The summed E-state index contributed by atoms with van der Waals surface area (Å²) in [4.78, 5) is 26.2. The molecule has 0 atom stereocenters. The summed E-state index contributed by atoms with van der Waals surface area (Å²) in [7, 11) is 1.92. The predicted octanol–water partition coefficient (Wildman–Crippen LogP) is 3.99. The van der Waals surface area contributed by atoms with Crippen LogP contribution in [-0.2, 0) is 24.8 Å². The largest absolute Gasteiger partial charge is 0.309 e. The smallest absolute Gasteiger partial charge is 0.229 e. The molecule has 4 aromatic rings. The van der Waals surface area contributed by atoms with Crippen LogP contribution in [0.15, 0.2) is 36.5 Å². The maximum atomic E-state index is 14.8. The van der Waals surface area contributed by atoms with Crippen LogP contribution >= 0.6 is 0 Å². The molecule has 1 N–H and O–H groups in total. The van der Waals surface area contributed by atoms with Gasteiger partial charge in [0.2, 0.25) is 5.95 Å². The van der Waals surface area contributed by atoms with Crippen molar-refractivity contribution in [3.8, 4) is 11.3 Å². The van der Waals surface area contributed by atoms with Crippen molar-refractivity contribution in [3.05, 3.63) is 59.3 Å². The molecule has 0 fully saturated rings. The minimum Gasteiger partial charge on any atom is -0.309 e. The average Bonchev–Trinajstić information content (AvgIpc) is 3.15. The number of fused-ring (bicyclic) bond motifs is 2. The van der Waals surface area contributed by atoms with Crippen LogP contribution in [0.1, 0.15) is 36.7 Å². The number of halogens is 1. The number of benzene rings is 1. The van der Waals surface area contributed by atoms with E-state index in [2.05, 4.69) is 39.1 Å². The molecule has 1 aromatic carbocycles. The van der Waals surface area contributed by atoms with Gasteiger partial charge in [0.25, 0.3) is 0 Å². The van der Waals surface area contributed by atoms with E-state index in [0.29, 0.717) is 24.5 Å². The van der Waals surface area contributed by atoms with Gasteiger partial charge in [0.1, 0.15) is 17.8 Å². The van der Waals surface area contributed by atoms with Gasteiger partial charge in [-0.25, -0.2) is 19.3 Å². The Bertz CT molecular complexity index is 1380. The zero-order valence-corrected chi connectivity index (χ0v) is 19.4. The molecule has 0 spiro atoms. The van der Waals surface area contributed by atoms with Crippen LogP contribution in [0.5, 0.6) is 0 Å². The lowest BCUT2D eigenvalue weighted by atomic mass is 10.0. The van der Waals surface area contributed by atoms with Gasteiger partial charge in [-0.15, -0.1) is 0 Å². The number of pyridine rings is 1. The Kier molecular flexibility index (Phi) is 5.79. The van der Waals surface area contributed by atoms with Crippen LogP contribution in [0.2, 0.25) is 0 Å². The number of aromatic nitrogens is 5. The van der Waals surface area contributed by atoms with E-state index in [1.54, 1.807) is 0 Å². The second kappa shape index (κ2) is 8.90. The zero-order chi connectivity index (χ0) is 23.8. The molecule has 5 rings (SSSR count). The van der Waals surface area contributed by atoms with Crippen LogP contribution in [0, 0.1) is 5.82 Å². The monoisotopic (exact) mass is 459 g/mol. The fourth-order valence-electron chi connectivity index (χ4n) is 4.60. The number of hydrogen-bond donors (Lipinski definition) is 1. The topological polar surface area (TPSA) is 88.8 Å². The van der Waals surface area contributed by atoms with Crippen LogP contribution in [0.25, 0.3) is 22.2 Å². The molecule has 0 aliphatic carbocycles. The van der Waals surface area contributed by atoms with E-state index >= 15 is 0 Å². The standard InChI is InChI=1S/C25H26FN7O/c1-15(2)24-18-12-16(4-6-21(18)31-32(24)3)23-19(26)13-27-25(30-23)29-22-7-5-17-14-33(10-11-34)9-8-20(17)28-22/h4-7,11-13,15H,8-10,14H2,1-3H3,(H,27,28,29,30). The molecule has 0 bridgehead atoms. The zero-order valence-electron chi connectivity index (χ0n) is 19.4. The number of carbonyl (C=O) groups excluding carboxylic acids is 1. The summed E-state index contributed by atoms with van der Waals surface area (Å²) in [6.07, 6.45) is 2.86. The first-order chi connectivity index (χ1) is 16.4. The first-order valence-corrected chi connectivity index (χ1v) is 11.3. The number of nitrogens with one attached hydrogen (secondary N) is 1. The fraction of sp³-hybridized carbons (Fsp3) is 0.320. The molecular weight excluding hydrogens is 433 g/mol. The lowest BCUT2D eigenvalue weighted by Crippen LogP contribution is -2.32. The van der Waals surface area contributed by atoms with Gasteiger partial charge in [-0.2, -0.15) is 5.10 Å². The third-order valence-corrected chi connectivity index (χ3v) is 6.14. The van der Waals surface area contributed by atoms with Crippen molar-refractivity contribution in [2.75, 3.05) is 18.4 Å². The molecule has 8 nitrogen and oxygen atoms in total. The Labute approximate surface area is 196 Å². The van der Waals surface area contributed by atoms with E-state index in [9.17, 15) is 9.18 Å². The van der Waals surface area contributed by atoms with Crippen LogP contribution in [0.4, 0.5) is 16.2 Å². The quantitative estimate of drug-likeness (QED) is 0.436. The highest BCUT2D eigenvalue weighted by Crippen LogP contribution is 2.30. The van der Waals surface area contributed by atoms with Crippen LogP contribution < -0.4 is 5.32 Å². The molecule has 174 valence electrons. The average molecular weight is 460 g/mol. The van der Waals surface area contributed by atoms with Crippen molar-refractivity contribution in [2.45, 2.75) is 32.7 Å². The highest BCUT2D eigenvalue weighted by molar-refractivity contribution is 5.86. The normalized spacial score (nSPS) is 13.9. The Morgan fingerprint density at radius 3 is 2.85 bits per heavy atom. The molecule has 34 heavy (non-hydrogen) atoms. The van der Waals surface area contributed by atoms with Crippen molar-refractivity contribution < 1.29 is 9.18 Å². The lowest BCUT2D eigenvalue weighted by molar-refractivity contribution is -0.109. The third kappa shape index (κ3) is 4.14. The van der Waals surface area contributed by atoms with E-state index < -0.39 is 5.82 Å². The molecule has 3 aromatic heterocycles. The van der Waals surface area contributed by atoms with Crippen molar-refractivity contribution in [3.63, 3.8) is 0 Å². The summed E-state index contributed by atoms with van der Waals surface area (Å²) in [6, 6.07) is 9.51. The van der Waals surface area contributed by atoms with Crippen LogP contribution in [-0.4, -0.2) is 49.0 Å². The highest BCUT2D eigenvalue weighted by atomic mass is 19.1. The third-order valence-electron chi connectivity index (χ3n) is 6.14. The summed E-state index contributed by atoms with van der Waals surface area (Å²) in [5.74, 6) is 0.662. The second-order valence-electron chi connectivity index (χ2n) is 8.86. The SMILES string of the molecule is CC(C)c1c2cc(-c3nc(Nc4ccc5c(n4)CCN(CC=O)C5)ncc3F)ccc2nn1C. The maximum Gasteiger partial charge on any atom is 0.229 e. The Morgan fingerprint density at radius 2 is 2.06 bits per heavy atom. The summed E-state index contributed by atoms with van der Waals surface area (Å²) in [5, 5.41) is 8.67. The van der Waals surface area contributed by atoms with E-state index in [1.807, 2.05) is 42.1 Å². The van der Waals surface area contributed by atoms with Crippen molar-refractivity contribution in [1.29, 1.82) is 0 Å². The molecule has 4 heterocycles. The second-order valence-corrected chi connectivity index (χ2v) is 8.86. The van der Waals surface area contributed by atoms with Gasteiger partial charge < -0.3 is 10.1 Å². The molecule has 1 aliphatic rings. The Balaban J connectivity index is 1.44. The van der Waals surface area contributed by atoms with Crippen molar-refractivity contribution >= 4 is 29.0 Å². The fourth-order valence-corrected chi connectivity index (χ4v) is 4.60. The Morgan fingerprint density at radius 1 is 1.21 bits per heavy atom. The Hall–Kier alpha value is -3.72. The molecular formula is C25H26FN7O. The minimum atomic E-state index is -0.492. The van der Waals surface area contributed by atoms with E-state index in [4.69, 9.17) is 4.98 Å². The van der Waals surface area contributed by atoms with Crippen molar-refractivity contribution in [1.82, 2.24) is 29.6 Å². The van der Waals surface area contributed by atoms with Gasteiger partial charge in [-0.1, -0.05) is 26.0 Å². The molecule has 1 aliphatic heterocycles. The summed E-state index contributed by atoms with van der Waals surface area (Å²) in [6.45, 7) is 6.14. The summed E-state index contributed by atoms with van der Waals surface area (Å²) < 4.78 is 16.6. The number of carbonyl (C=O) groups is 1. The predicted molar refractivity (Wildman–Crippen MR) is 128 cm³/mol. The number of rotatable bonds is 6. The van der Waals surface area contributed by atoms with Crippen LogP contribution in [0.3, 0.4) is 0 Å². The molecule has 0 amide bonds. The number of aldehydes is 1. The lowest BCUT2D eigenvalue weighted by Gasteiger charge is -2.26. The van der Waals surface area contributed by atoms with Gasteiger partial charge >= 0.3 is 0 Å². The van der Waals surface area contributed by atoms with E-state index in [1.165, 1.54) is 6.20 Å².